The van der Waals surface area contributed by atoms with Crippen molar-refractivity contribution >= 4 is 27.3 Å². The van der Waals surface area contributed by atoms with Gasteiger partial charge >= 0.3 is 0 Å². The topological polar surface area (TPSA) is 105 Å². The van der Waals surface area contributed by atoms with Crippen LogP contribution in [0.4, 0.5) is 0 Å². The summed E-state index contributed by atoms with van der Waals surface area (Å²) in [6, 6.07) is 10.1. The van der Waals surface area contributed by atoms with Gasteiger partial charge in [-0.15, -0.1) is 11.3 Å². The van der Waals surface area contributed by atoms with E-state index in [0.29, 0.717) is 43.3 Å². The molecule has 1 aromatic carbocycles. The standard InChI is InChI=1S/C22H28N4O4S2/c1-3-26(4-2)32(28,29)18-11-8-10-17(16-18)22(27)23-14-7-5-6-13-20-24-21(25-30-20)19-12-9-15-31-19/h8-12,15-16H,3-7,13-14H2,1-2H3,(H,23,27). The highest BCUT2D eigenvalue weighted by Crippen LogP contribution is 2.21. The Bertz CT molecular complexity index is 1110. The van der Waals surface area contributed by atoms with E-state index in [4.69, 9.17) is 4.52 Å². The maximum atomic E-state index is 12.7. The summed E-state index contributed by atoms with van der Waals surface area (Å²) in [6.45, 7) is 4.86. The fourth-order valence-electron chi connectivity index (χ4n) is 3.25. The molecule has 0 radical (unpaired) electrons. The number of rotatable bonds is 12. The van der Waals surface area contributed by atoms with Gasteiger partial charge in [0.05, 0.1) is 9.77 Å². The molecule has 1 N–H and O–H groups in total. The highest BCUT2D eigenvalue weighted by Gasteiger charge is 2.22. The third-order valence-corrected chi connectivity index (χ3v) is 7.91. The number of sulfonamides is 1. The molecule has 1 amide bonds. The van der Waals surface area contributed by atoms with Crippen molar-refractivity contribution < 1.29 is 17.7 Å². The highest BCUT2D eigenvalue weighted by molar-refractivity contribution is 7.89. The number of hydrogen-bond acceptors (Lipinski definition) is 7. The number of nitrogens with one attached hydrogen (secondary N) is 1. The molecule has 0 aliphatic carbocycles. The molecule has 10 heteroatoms. The lowest BCUT2D eigenvalue weighted by atomic mass is 10.2. The van der Waals surface area contributed by atoms with E-state index >= 15 is 0 Å². The number of amides is 1. The van der Waals surface area contributed by atoms with Crippen molar-refractivity contribution in [2.75, 3.05) is 19.6 Å². The Morgan fingerprint density at radius 3 is 2.66 bits per heavy atom. The Hall–Kier alpha value is -2.56. The van der Waals surface area contributed by atoms with Crippen LogP contribution in [0.2, 0.25) is 0 Å². The number of unbranched alkanes of at least 4 members (excludes halogenated alkanes) is 2. The Balaban J connectivity index is 1.42. The molecule has 0 saturated heterocycles. The van der Waals surface area contributed by atoms with Crippen LogP contribution >= 0.6 is 11.3 Å². The predicted molar refractivity (Wildman–Crippen MR) is 124 cm³/mol. The molecule has 0 aliphatic rings. The molecular weight excluding hydrogens is 448 g/mol. The fourth-order valence-corrected chi connectivity index (χ4v) is 5.41. The van der Waals surface area contributed by atoms with Crippen molar-refractivity contribution in [3.8, 4) is 10.7 Å². The minimum absolute atomic E-state index is 0.135. The van der Waals surface area contributed by atoms with Crippen LogP contribution in [0.15, 0.2) is 51.2 Å². The molecule has 0 spiro atoms. The SMILES string of the molecule is CCN(CC)S(=O)(=O)c1cccc(C(=O)NCCCCCc2nc(-c3cccs3)no2)c1. The van der Waals surface area contributed by atoms with E-state index in [1.165, 1.54) is 16.4 Å². The van der Waals surface area contributed by atoms with Crippen molar-refractivity contribution in [1.29, 1.82) is 0 Å². The Kier molecular flexibility index (Phi) is 8.54. The number of nitrogens with zero attached hydrogens (tertiary/aromatic N) is 3. The van der Waals surface area contributed by atoms with Crippen LogP contribution in [-0.4, -0.2) is 48.4 Å². The summed E-state index contributed by atoms with van der Waals surface area (Å²) in [6.07, 6.45) is 3.26. The van der Waals surface area contributed by atoms with Gasteiger partial charge in [-0.3, -0.25) is 4.79 Å². The first-order valence-electron chi connectivity index (χ1n) is 10.7. The average molecular weight is 477 g/mol. The summed E-state index contributed by atoms with van der Waals surface area (Å²) in [7, 11) is -3.59. The number of carbonyl (C=O) groups is 1. The van der Waals surface area contributed by atoms with Crippen molar-refractivity contribution in [3.05, 3.63) is 53.2 Å². The summed E-state index contributed by atoms with van der Waals surface area (Å²) < 4.78 is 32.0. The molecule has 0 atom stereocenters. The lowest BCUT2D eigenvalue weighted by Gasteiger charge is -2.18. The molecule has 3 rings (SSSR count). The molecule has 32 heavy (non-hydrogen) atoms. The fraction of sp³-hybridized carbons (Fsp3) is 0.409. The number of aryl methyl sites for hydroxylation is 1. The molecule has 8 nitrogen and oxygen atoms in total. The molecule has 0 saturated carbocycles. The van der Waals surface area contributed by atoms with Gasteiger partial charge in [-0.1, -0.05) is 37.6 Å². The van der Waals surface area contributed by atoms with Gasteiger partial charge in [-0.25, -0.2) is 8.42 Å². The summed E-state index contributed by atoms with van der Waals surface area (Å²) >= 11 is 1.57. The van der Waals surface area contributed by atoms with E-state index in [2.05, 4.69) is 15.5 Å². The maximum Gasteiger partial charge on any atom is 0.251 e. The molecule has 0 bridgehead atoms. The first-order valence-corrected chi connectivity index (χ1v) is 13.0. The summed E-state index contributed by atoms with van der Waals surface area (Å²) in [5.74, 6) is 0.954. The molecule has 3 aromatic rings. The third-order valence-electron chi connectivity index (χ3n) is 5.00. The van der Waals surface area contributed by atoms with Gasteiger partial charge in [-0.05, 0) is 42.5 Å². The second-order valence-electron chi connectivity index (χ2n) is 7.17. The van der Waals surface area contributed by atoms with Crippen LogP contribution in [0.5, 0.6) is 0 Å². The zero-order valence-electron chi connectivity index (χ0n) is 18.3. The number of benzene rings is 1. The van der Waals surface area contributed by atoms with E-state index in [0.717, 1.165) is 24.1 Å². The van der Waals surface area contributed by atoms with Crippen molar-refractivity contribution in [2.45, 2.75) is 44.4 Å². The first kappa shape index (κ1) is 24.1. The van der Waals surface area contributed by atoms with Crippen LogP contribution in [0.3, 0.4) is 0 Å². The van der Waals surface area contributed by atoms with Crippen molar-refractivity contribution in [2.24, 2.45) is 0 Å². The van der Waals surface area contributed by atoms with Gasteiger partial charge in [0.1, 0.15) is 0 Å². The average Bonchev–Trinajstić information content (AvgIpc) is 3.49. The molecule has 2 aromatic heterocycles. The normalized spacial score (nSPS) is 11.7. The Labute approximate surface area is 192 Å². The van der Waals surface area contributed by atoms with Gasteiger partial charge in [-0.2, -0.15) is 9.29 Å². The van der Waals surface area contributed by atoms with Crippen LogP contribution in [0.25, 0.3) is 10.7 Å². The largest absolute Gasteiger partial charge is 0.352 e. The van der Waals surface area contributed by atoms with Gasteiger partial charge in [0.2, 0.25) is 21.7 Å². The van der Waals surface area contributed by atoms with E-state index in [1.54, 1.807) is 37.3 Å². The highest BCUT2D eigenvalue weighted by atomic mass is 32.2. The van der Waals surface area contributed by atoms with Crippen LogP contribution in [-0.2, 0) is 16.4 Å². The first-order chi connectivity index (χ1) is 15.5. The number of carbonyl (C=O) groups excluding carboxylic acids is 1. The van der Waals surface area contributed by atoms with Crippen molar-refractivity contribution in [1.82, 2.24) is 19.8 Å². The van der Waals surface area contributed by atoms with E-state index in [1.807, 2.05) is 17.5 Å². The van der Waals surface area contributed by atoms with Crippen LogP contribution < -0.4 is 5.32 Å². The number of hydrogen-bond donors (Lipinski definition) is 1. The zero-order valence-corrected chi connectivity index (χ0v) is 19.9. The monoisotopic (exact) mass is 476 g/mol. The summed E-state index contributed by atoms with van der Waals surface area (Å²) in [5.41, 5.74) is 0.338. The third kappa shape index (κ3) is 6.02. The van der Waals surface area contributed by atoms with Crippen LogP contribution in [0.1, 0.15) is 49.4 Å². The zero-order chi connectivity index (χ0) is 23.0. The molecule has 0 unspecified atom stereocenters. The van der Waals surface area contributed by atoms with Gasteiger partial charge in [0.25, 0.3) is 5.91 Å². The summed E-state index contributed by atoms with van der Waals surface area (Å²) in [5, 5.41) is 8.83. The number of thiophene rings is 1. The molecule has 0 aliphatic heterocycles. The molecular formula is C22H28N4O4S2. The smallest absolute Gasteiger partial charge is 0.251 e. The molecule has 2 heterocycles. The summed E-state index contributed by atoms with van der Waals surface area (Å²) in [4.78, 5) is 18.0. The lowest BCUT2D eigenvalue weighted by molar-refractivity contribution is 0.0952. The van der Waals surface area contributed by atoms with Gasteiger partial charge < -0.3 is 9.84 Å². The predicted octanol–water partition coefficient (Wildman–Crippen LogP) is 3.97. The second-order valence-corrected chi connectivity index (χ2v) is 10.1. The number of aromatic nitrogens is 2. The van der Waals surface area contributed by atoms with Gasteiger partial charge in [0, 0.05) is 31.6 Å². The van der Waals surface area contributed by atoms with E-state index in [-0.39, 0.29) is 10.8 Å². The van der Waals surface area contributed by atoms with Gasteiger partial charge in [0.15, 0.2) is 0 Å². The minimum atomic E-state index is -3.59. The second kappa shape index (κ2) is 11.3. The van der Waals surface area contributed by atoms with Crippen molar-refractivity contribution in [3.63, 3.8) is 0 Å². The minimum Gasteiger partial charge on any atom is -0.352 e. The molecule has 172 valence electrons. The lowest BCUT2D eigenvalue weighted by Crippen LogP contribution is -2.31. The van der Waals surface area contributed by atoms with Crippen LogP contribution in [0, 0.1) is 0 Å². The Morgan fingerprint density at radius 2 is 1.94 bits per heavy atom. The Morgan fingerprint density at radius 1 is 1.12 bits per heavy atom. The maximum absolute atomic E-state index is 12.7. The molecule has 0 fully saturated rings. The quantitative estimate of drug-likeness (QED) is 0.397. The van der Waals surface area contributed by atoms with E-state index < -0.39 is 10.0 Å². The van der Waals surface area contributed by atoms with E-state index in [9.17, 15) is 13.2 Å².